The minimum Gasteiger partial charge on any atom is -0.356 e. The molecule has 0 atom stereocenters. The van der Waals surface area contributed by atoms with Crippen molar-refractivity contribution < 1.29 is 0 Å². The zero-order valence-corrected chi connectivity index (χ0v) is 20.0. The van der Waals surface area contributed by atoms with Crippen LogP contribution in [-0.4, -0.2) is 53.6 Å². The molecule has 160 valence electrons. The van der Waals surface area contributed by atoms with Crippen molar-refractivity contribution in [1.29, 1.82) is 0 Å². The van der Waals surface area contributed by atoms with Crippen LogP contribution >= 0.6 is 24.0 Å². The number of halogens is 1. The number of hydrogen-bond donors (Lipinski definition) is 2. The largest absolute Gasteiger partial charge is 0.356 e. The number of nitrogens with zero attached hydrogens (tertiary/aromatic N) is 4. The summed E-state index contributed by atoms with van der Waals surface area (Å²) in [5, 5.41) is 6.84. The van der Waals surface area contributed by atoms with E-state index >= 15 is 0 Å². The molecule has 0 aliphatic carbocycles. The molecule has 2 heterocycles. The maximum atomic E-state index is 4.34. The molecule has 1 aromatic heterocycles. The van der Waals surface area contributed by atoms with Crippen LogP contribution in [-0.2, 0) is 13.1 Å². The molecule has 0 bridgehead atoms. The first-order valence-corrected chi connectivity index (χ1v) is 10.4. The smallest absolute Gasteiger partial charge is 0.191 e. The molecule has 1 fully saturated rings. The highest BCUT2D eigenvalue weighted by molar-refractivity contribution is 14.0. The Morgan fingerprint density at radius 3 is 2.52 bits per heavy atom. The normalized spacial score (nSPS) is 15.7. The SMILES string of the molecule is CN=C(NCCCN1CCC(C)CC1)NCc1ccc(Cn2ccnc2)cc1.I. The van der Waals surface area contributed by atoms with Gasteiger partial charge in [0.25, 0.3) is 0 Å². The molecular weight excluding hydrogens is 475 g/mol. The Bertz CT molecular complexity index is 705. The number of aromatic nitrogens is 2. The van der Waals surface area contributed by atoms with E-state index in [-0.39, 0.29) is 24.0 Å². The first kappa shape index (κ1) is 23.7. The highest BCUT2D eigenvalue weighted by Gasteiger charge is 2.14. The number of nitrogens with one attached hydrogen (secondary N) is 2. The summed E-state index contributed by atoms with van der Waals surface area (Å²) < 4.78 is 2.07. The van der Waals surface area contributed by atoms with Gasteiger partial charge in [0.2, 0.25) is 0 Å². The van der Waals surface area contributed by atoms with Gasteiger partial charge in [-0.3, -0.25) is 4.99 Å². The molecule has 1 saturated heterocycles. The Kier molecular flexibility index (Phi) is 10.5. The Morgan fingerprint density at radius 1 is 1.14 bits per heavy atom. The van der Waals surface area contributed by atoms with E-state index in [1.807, 2.05) is 25.8 Å². The monoisotopic (exact) mass is 510 g/mol. The van der Waals surface area contributed by atoms with Crippen molar-refractivity contribution in [1.82, 2.24) is 25.1 Å². The van der Waals surface area contributed by atoms with Crippen molar-refractivity contribution in [2.45, 2.75) is 39.3 Å². The number of imidazole rings is 1. The van der Waals surface area contributed by atoms with Gasteiger partial charge in [0.1, 0.15) is 0 Å². The third-order valence-corrected chi connectivity index (χ3v) is 5.45. The highest BCUT2D eigenvalue weighted by atomic mass is 127. The molecular formula is C22H35IN6. The van der Waals surface area contributed by atoms with Crippen LogP contribution in [0.25, 0.3) is 0 Å². The van der Waals surface area contributed by atoms with Gasteiger partial charge in [-0.25, -0.2) is 4.98 Å². The first-order chi connectivity index (χ1) is 13.7. The van der Waals surface area contributed by atoms with Crippen LogP contribution in [0.2, 0.25) is 0 Å². The van der Waals surface area contributed by atoms with Gasteiger partial charge in [0.05, 0.1) is 6.33 Å². The second kappa shape index (κ2) is 12.8. The minimum atomic E-state index is 0. The summed E-state index contributed by atoms with van der Waals surface area (Å²) in [6, 6.07) is 8.69. The molecule has 7 heteroatoms. The molecule has 0 spiro atoms. The summed E-state index contributed by atoms with van der Waals surface area (Å²) in [5.74, 6) is 1.77. The van der Waals surface area contributed by atoms with Crippen molar-refractivity contribution in [3.05, 3.63) is 54.1 Å². The molecule has 0 radical (unpaired) electrons. The molecule has 6 nitrogen and oxygen atoms in total. The zero-order valence-electron chi connectivity index (χ0n) is 17.7. The second-order valence-corrected chi connectivity index (χ2v) is 7.78. The van der Waals surface area contributed by atoms with Gasteiger partial charge in [0, 0.05) is 39.1 Å². The fraction of sp³-hybridized carbons (Fsp3) is 0.545. The van der Waals surface area contributed by atoms with Crippen LogP contribution in [0.3, 0.4) is 0 Å². The number of piperidine rings is 1. The Morgan fingerprint density at radius 2 is 1.86 bits per heavy atom. The molecule has 3 rings (SSSR count). The molecule has 1 aliphatic rings. The van der Waals surface area contributed by atoms with E-state index in [0.717, 1.165) is 37.9 Å². The van der Waals surface area contributed by atoms with E-state index in [1.165, 1.54) is 43.6 Å². The Hall–Kier alpha value is -1.61. The first-order valence-electron chi connectivity index (χ1n) is 10.4. The summed E-state index contributed by atoms with van der Waals surface area (Å²) in [6.45, 7) is 8.63. The molecule has 29 heavy (non-hydrogen) atoms. The van der Waals surface area contributed by atoms with Crippen LogP contribution < -0.4 is 10.6 Å². The number of benzene rings is 1. The molecule has 1 aromatic carbocycles. The van der Waals surface area contributed by atoms with Gasteiger partial charge in [-0.15, -0.1) is 24.0 Å². The predicted octanol–water partition coefficient (Wildman–Crippen LogP) is 3.34. The topological polar surface area (TPSA) is 57.5 Å². The molecule has 0 amide bonds. The van der Waals surface area contributed by atoms with E-state index in [4.69, 9.17) is 0 Å². The summed E-state index contributed by atoms with van der Waals surface area (Å²) in [7, 11) is 1.83. The number of guanidine groups is 1. The van der Waals surface area contributed by atoms with Crippen molar-refractivity contribution in [2.75, 3.05) is 33.2 Å². The predicted molar refractivity (Wildman–Crippen MR) is 131 cm³/mol. The van der Waals surface area contributed by atoms with Gasteiger partial charge in [0.15, 0.2) is 5.96 Å². The van der Waals surface area contributed by atoms with E-state index in [0.29, 0.717) is 0 Å². The standard InChI is InChI=1S/C22H34N6.HI/c1-19-8-13-27(14-9-19)12-3-10-25-22(23-2)26-16-20-4-6-21(7-5-20)17-28-15-11-24-18-28;/h4-7,11,15,18-19H,3,8-10,12-14,16-17H2,1-2H3,(H2,23,25,26);1H. The van der Waals surface area contributed by atoms with E-state index in [9.17, 15) is 0 Å². The van der Waals surface area contributed by atoms with Crippen molar-refractivity contribution >= 4 is 29.9 Å². The number of rotatable bonds is 8. The summed E-state index contributed by atoms with van der Waals surface area (Å²) in [4.78, 5) is 11.0. The van der Waals surface area contributed by atoms with Gasteiger partial charge in [-0.2, -0.15) is 0 Å². The van der Waals surface area contributed by atoms with Crippen LogP contribution in [0, 0.1) is 5.92 Å². The maximum Gasteiger partial charge on any atom is 0.191 e. The van der Waals surface area contributed by atoms with Crippen molar-refractivity contribution in [2.24, 2.45) is 10.9 Å². The molecule has 2 aromatic rings. The summed E-state index contributed by atoms with van der Waals surface area (Å²) in [5.41, 5.74) is 2.52. The second-order valence-electron chi connectivity index (χ2n) is 7.78. The zero-order chi connectivity index (χ0) is 19.6. The average Bonchev–Trinajstić information content (AvgIpc) is 3.23. The lowest BCUT2D eigenvalue weighted by Crippen LogP contribution is -2.39. The lowest BCUT2D eigenvalue weighted by molar-refractivity contribution is 0.191. The van der Waals surface area contributed by atoms with Gasteiger partial charge in [-0.1, -0.05) is 31.2 Å². The van der Waals surface area contributed by atoms with Gasteiger partial charge < -0.3 is 20.1 Å². The van der Waals surface area contributed by atoms with Crippen molar-refractivity contribution in [3.63, 3.8) is 0 Å². The van der Waals surface area contributed by atoms with E-state index < -0.39 is 0 Å². The van der Waals surface area contributed by atoms with E-state index in [2.05, 4.69) is 61.3 Å². The molecule has 0 unspecified atom stereocenters. The van der Waals surface area contributed by atoms with Crippen LogP contribution in [0.5, 0.6) is 0 Å². The van der Waals surface area contributed by atoms with Gasteiger partial charge in [-0.05, 0) is 55.9 Å². The summed E-state index contributed by atoms with van der Waals surface area (Å²) in [6.07, 6.45) is 9.48. The fourth-order valence-electron chi connectivity index (χ4n) is 3.56. The van der Waals surface area contributed by atoms with Crippen molar-refractivity contribution in [3.8, 4) is 0 Å². The number of hydrogen-bond acceptors (Lipinski definition) is 3. The lowest BCUT2D eigenvalue weighted by Gasteiger charge is -2.30. The van der Waals surface area contributed by atoms with Crippen LogP contribution in [0.4, 0.5) is 0 Å². The average molecular weight is 510 g/mol. The summed E-state index contributed by atoms with van der Waals surface area (Å²) >= 11 is 0. The molecule has 0 saturated carbocycles. The van der Waals surface area contributed by atoms with E-state index in [1.54, 1.807) is 0 Å². The maximum absolute atomic E-state index is 4.34. The quantitative estimate of drug-likeness (QED) is 0.248. The number of likely N-dealkylation sites (tertiary alicyclic amines) is 1. The molecule has 2 N–H and O–H groups in total. The Balaban J connectivity index is 0.00000300. The third kappa shape index (κ3) is 8.34. The Labute approximate surface area is 192 Å². The van der Waals surface area contributed by atoms with Crippen LogP contribution in [0.15, 0.2) is 48.0 Å². The van der Waals surface area contributed by atoms with Gasteiger partial charge >= 0.3 is 0 Å². The molecule has 1 aliphatic heterocycles. The number of aliphatic imine (C=N–C) groups is 1. The third-order valence-electron chi connectivity index (χ3n) is 5.45. The highest BCUT2D eigenvalue weighted by Crippen LogP contribution is 2.15. The lowest BCUT2D eigenvalue weighted by atomic mass is 9.99. The fourth-order valence-corrected chi connectivity index (χ4v) is 3.56. The van der Waals surface area contributed by atoms with Crippen LogP contribution in [0.1, 0.15) is 37.3 Å². The minimum absolute atomic E-state index is 0.